The lowest BCUT2D eigenvalue weighted by atomic mass is 9.78. The number of fused-ring (bicyclic) bond motifs is 3. The first kappa shape index (κ1) is 56.6. The van der Waals surface area contributed by atoms with Gasteiger partial charge in [0.1, 0.15) is 30.1 Å². The predicted molar refractivity (Wildman–Crippen MR) is 263 cm³/mol. The molecule has 1 aliphatic carbocycles. The first-order valence-electron chi connectivity index (χ1n) is 25.8. The molecule has 0 aromatic rings. The number of allylic oxidation sites excluding steroid dienone is 6. The van der Waals surface area contributed by atoms with Crippen molar-refractivity contribution in [3.63, 3.8) is 0 Å². The lowest BCUT2D eigenvalue weighted by Crippen LogP contribution is -2.61. The summed E-state index contributed by atoms with van der Waals surface area (Å²) in [4.78, 5) is 58.7. The number of cyclic esters (lactones) is 1. The summed E-state index contributed by atoms with van der Waals surface area (Å²) in [6.45, 7) is 18.8. The van der Waals surface area contributed by atoms with Crippen LogP contribution in [-0.2, 0) is 47.6 Å². The molecule has 4 fully saturated rings. The fourth-order valence-electron chi connectivity index (χ4n) is 10.8. The molecule has 1 saturated carbocycles. The van der Waals surface area contributed by atoms with Crippen LogP contribution in [0.25, 0.3) is 0 Å². The summed E-state index contributed by atoms with van der Waals surface area (Å²) < 4.78 is 36.1. The van der Waals surface area contributed by atoms with E-state index in [0.29, 0.717) is 70.2 Å². The molecule has 5 aliphatic rings. The molecular formula is C55H85NO13. The fourth-order valence-corrected chi connectivity index (χ4v) is 10.8. The van der Waals surface area contributed by atoms with Crippen molar-refractivity contribution >= 4 is 23.4 Å². The summed E-state index contributed by atoms with van der Waals surface area (Å²) in [7, 11) is 3.12. The molecule has 69 heavy (non-hydrogen) atoms. The van der Waals surface area contributed by atoms with Crippen molar-refractivity contribution in [1.82, 2.24) is 4.90 Å². The van der Waals surface area contributed by atoms with Gasteiger partial charge in [-0.2, -0.15) is 0 Å². The smallest absolute Gasteiger partial charge is 0.329 e. The molecule has 1 amide bonds. The lowest BCUT2D eigenvalue weighted by Gasteiger charge is -2.43. The largest absolute Gasteiger partial charge is 0.460 e. The van der Waals surface area contributed by atoms with Gasteiger partial charge in [0.05, 0.1) is 37.1 Å². The number of rotatable bonds is 8. The number of carbonyl (C=O) groups is 4. The van der Waals surface area contributed by atoms with Crippen LogP contribution in [0.2, 0.25) is 0 Å². The SMILES string of the molecule is C=C1C(C)CC(C)/C=C/C=C/C=C(\C)C(OCC2CCO2)CC2CCC(C)C(O)(O2)C(=O)C(=O)N2CCCCC2C(=O)OC(C(C)CC2CCC(O)C(OC)C2)CC(=O)C(C)/C=C(\C)C(O)C1OC. The van der Waals surface area contributed by atoms with E-state index in [1.807, 2.05) is 38.2 Å². The topological polar surface area (TPSA) is 188 Å². The zero-order valence-corrected chi connectivity index (χ0v) is 43.0. The van der Waals surface area contributed by atoms with Crippen LogP contribution in [0.3, 0.4) is 0 Å². The highest BCUT2D eigenvalue weighted by Gasteiger charge is 2.53. The number of carbonyl (C=O) groups excluding carboxylic acids is 4. The van der Waals surface area contributed by atoms with Crippen molar-refractivity contribution in [2.45, 2.75) is 193 Å². The minimum absolute atomic E-state index is 0.00678. The molecular weight excluding hydrogens is 883 g/mol. The fraction of sp³-hybridized carbons (Fsp3) is 0.745. The van der Waals surface area contributed by atoms with E-state index in [-0.39, 0.29) is 61.0 Å². The number of aliphatic hydroxyl groups is 3. The van der Waals surface area contributed by atoms with Crippen molar-refractivity contribution in [3.8, 4) is 0 Å². The quantitative estimate of drug-likeness (QED) is 0.125. The number of piperidine rings is 1. The Hall–Kier alpha value is -3.34. The van der Waals surface area contributed by atoms with E-state index >= 15 is 0 Å². The van der Waals surface area contributed by atoms with Crippen LogP contribution in [0.5, 0.6) is 0 Å². The molecule has 14 nitrogen and oxygen atoms in total. The van der Waals surface area contributed by atoms with Gasteiger partial charge >= 0.3 is 5.97 Å². The molecule has 4 aliphatic heterocycles. The molecule has 16 atom stereocenters. The molecule has 14 heteroatoms. The van der Waals surface area contributed by atoms with Gasteiger partial charge in [0, 0.05) is 52.0 Å². The average Bonchev–Trinajstić information content (AvgIpc) is 3.31. The second-order valence-electron chi connectivity index (χ2n) is 21.1. The molecule has 388 valence electrons. The summed E-state index contributed by atoms with van der Waals surface area (Å²) in [5.74, 6) is -6.90. The molecule has 4 heterocycles. The number of hydrogen-bond donors (Lipinski definition) is 3. The lowest BCUT2D eigenvalue weighted by molar-refractivity contribution is -0.266. The number of ether oxygens (including phenoxy) is 6. The molecule has 0 spiro atoms. The van der Waals surface area contributed by atoms with Gasteiger partial charge in [-0.15, -0.1) is 0 Å². The van der Waals surface area contributed by atoms with Crippen molar-refractivity contribution in [3.05, 3.63) is 59.8 Å². The van der Waals surface area contributed by atoms with Crippen LogP contribution in [-0.4, -0.2) is 138 Å². The first-order chi connectivity index (χ1) is 32.8. The third-order valence-corrected chi connectivity index (χ3v) is 15.7. The van der Waals surface area contributed by atoms with Crippen molar-refractivity contribution in [1.29, 1.82) is 0 Å². The van der Waals surface area contributed by atoms with Crippen molar-refractivity contribution in [2.75, 3.05) is 34.0 Å². The maximum absolute atomic E-state index is 14.5. The van der Waals surface area contributed by atoms with E-state index in [9.17, 15) is 34.5 Å². The highest BCUT2D eigenvalue weighted by Crippen LogP contribution is 2.38. The van der Waals surface area contributed by atoms with E-state index in [1.165, 1.54) is 4.90 Å². The van der Waals surface area contributed by atoms with Gasteiger partial charge < -0.3 is 48.6 Å². The van der Waals surface area contributed by atoms with Crippen molar-refractivity contribution < 1.29 is 62.9 Å². The van der Waals surface area contributed by atoms with Gasteiger partial charge in [-0.25, -0.2) is 4.79 Å². The Labute approximate surface area is 411 Å². The second kappa shape index (κ2) is 26.4. The number of methoxy groups -OCH3 is 2. The molecule has 0 radical (unpaired) electrons. The minimum atomic E-state index is -2.44. The number of hydrogen-bond acceptors (Lipinski definition) is 13. The highest BCUT2D eigenvalue weighted by atomic mass is 16.6. The van der Waals surface area contributed by atoms with Crippen LogP contribution in [0.15, 0.2) is 59.8 Å². The maximum atomic E-state index is 14.5. The summed E-state index contributed by atoms with van der Waals surface area (Å²) in [5, 5.41) is 34.3. The summed E-state index contributed by atoms with van der Waals surface area (Å²) in [6.07, 6.45) is 13.7. The average molecular weight is 968 g/mol. The van der Waals surface area contributed by atoms with Gasteiger partial charge in [0.25, 0.3) is 11.7 Å². The zero-order chi connectivity index (χ0) is 50.6. The van der Waals surface area contributed by atoms with Gasteiger partial charge in [0.2, 0.25) is 5.79 Å². The minimum Gasteiger partial charge on any atom is -0.460 e. The predicted octanol–water partition coefficient (Wildman–Crippen LogP) is 7.33. The molecule has 5 rings (SSSR count). The van der Waals surface area contributed by atoms with Gasteiger partial charge in [0.15, 0.2) is 0 Å². The van der Waals surface area contributed by atoms with Crippen LogP contribution < -0.4 is 0 Å². The Balaban J connectivity index is 1.47. The van der Waals surface area contributed by atoms with Gasteiger partial charge in [-0.3, -0.25) is 14.4 Å². The van der Waals surface area contributed by atoms with Crippen LogP contribution >= 0.6 is 0 Å². The standard InChI is InChI=1S/C55H85NO13/c1-33-16-12-11-13-17-34(2)47(67-32-43-23-25-66-43)30-42-21-19-39(7)55(63,69-42)52(60)53(61)56-24-15-14-18-44(56)54(62)68-48(37(5)28-41-20-22-45(57)49(29-41)64-9)31-46(58)36(4)27-38(6)50(59)51(65-10)40(8)35(3)26-33/h11-13,16-17,27,33,35-37,39,41-45,47-51,57,59,63H,8,14-15,18-26,28-32H2,1-7,9-10H3/b13-11+,16-12+,34-17+,38-27+. The first-order valence-corrected chi connectivity index (χ1v) is 25.8. The van der Waals surface area contributed by atoms with E-state index in [0.717, 1.165) is 30.4 Å². The Morgan fingerprint density at radius 2 is 1.64 bits per heavy atom. The summed E-state index contributed by atoms with van der Waals surface area (Å²) >= 11 is 0. The van der Waals surface area contributed by atoms with E-state index in [4.69, 9.17) is 28.4 Å². The molecule has 3 N–H and O–H groups in total. The molecule has 0 aromatic carbocycles. The summed E-state index contributed by atoms with van der Waals surface area (Å²) in [6, 6.07) is -1.13. The monoisotopic (exact) mass is 968 g/mol. The number of ketones is 2. The van der Waals surface area contributed by atoms with Gasteiger partial charge in [-0.05, 0) is 125 Å². The molecule has 3 saturated heterocycles. The number of aliphatic hydroxyl groups excluding tert-OH is 2. The number of Topliss-reactive ketones (excluding diaryl/α,β-unsaturated/α-hetero) is 2. The normalized spacial score (nSPS) is 40.8. The Morgan fingerprint density at radius 3 is 2.32 bits per heavy atom. The maximum Gasteiger partial charge on any atom is 0.329 e. The van der Waals surface area contributed by atoms with Crippen LogP contribution in [0.1, 0.15) is 132 Å². The van der Waals surface area contributed by atoms with Crippen LogP contribution in [0, 0.1) is 35.5 Å². The Kier molecular flexibility index (Phi) is 21.6. The third kappa shape index (κ3) is 15.1. The van der Waals surface area contributed by atoms with Crippen LogP contribution in [0.4, 0.5) is 0 Å². The zero-order valence-electron chi connectivity index (χ0n) is 43.0. The third-order valence-electron chi connectivity index (χ3n) is 15.7. The van der Waals surface area contributed by atoms with Gasteiger partial charge in [-0.1, -0.05) is 77.7 Å². The Morgan fingerprint density at radius 1 is 0.899 bits per heavy atom. The number of amides is 1. The second-order valence-corrected chi connectivity index (χ2v) is 21.1. The van der Waals surface area contributed by atoms with E-state index in [2.05, 4.69) is 26.5 Å². The molecule has 0 aromatic heterocycles. The van der Waals surface area contributed by atoms with Crippen molar-refractivity contribution in [2.24, 2.45) is 35.5 Å². The Bertz CT molecular complexity index is 1870. The number of nitrogens with zero attached hydrogens (tertiary/aromatic N) is 1. The molecule has 2 bridgehead atoms. The van der Waals surface area contributed by atoms with E-state index < -0.39 is 77.9 Å². The summed E-state index contributed by atoms with van der Waals surface area (Å²) in [5.41, 5.74) is 2.20. The van der Waals surface area contributed by atoms with E-state index in [1.54, 1.807) is 41.1 Å². The highest BCUT2D eigenvalue weighted by molar-refractivity contribution is 6.39. The molecule has 16 unspecified atom stereocenters. The number of esters is 1.